The predicted molar refractivity (Wildman–Crippen MR) is 97.4 cm³/mol. The molecule has 1 aliphatic heterocycles. The quantitative estimate of drug-likeness (QED) is 0.754. The second-order valence-electron chi connectivity index (χ2n) is 5.62. The summed E-state index contributed by atoms with van der Waals surface area (Å²) in [6, 6.07) is 9.53. The third kappa shape index (κ3) is 3.52. The predicted octanol–water partition coefficient (Wildman–Crippen LogP) is 3.20. The lowest BCUT2D eigenvalue weighted by Gasteiger charge is -2.19. The van der Waals surface area contributed by atoms with E-state index in [2.05, 4.69) is 26.9 Å². The number of carbonyl (C=O) groups excluding carboxylic acids is 1. The van der Waals surface area contributed by atoms with E-state index < -0.39 is 0 Å². The molecule has 0 aliphatic carbocycles. The van der Waals surface area contributed by atoms with E-state index >= 15 is 0 Å². The van der Waals surface area contributed by atoms with Crippen LogP contribution in [0.2, 0.25) is 0 Å². The van der Waals surface area contributed by atoms with Gasteiger partial charge in [0.25, 0.3) is 5.91 Å². The molecule has 126 valence electrons. The Morgan fingerprint density at radius 3 is 3.08 bits per heavy atom. The van der Waals surface area contributed by atoms with Crippen molar-refractivity contribution in [2.24, 2.45) is 0 Å². The van der Waals surface area contributed by atoms with Gasteiger partial charge in [-0.1, -0.05) is 23.5 Å². The topological polar surface area (TPSA) is 80.1 Å². The average molecular weight is 352 g/mol. The number of hydrogen-bond acceptors (Lipinski definition) is 6. The molecular formula is C18H16N4O2S. The minimum Gasteiger partial charge on any atom is -0.465 e. The van der Waals surface area contributed by atoms with Gasteiger partial charge in [0.15, 0.2) is 0 Å². The summed E-state index contributed by atoms with van der Waals surface area (Å²) in [5.41, 5.74) is 2.98. The average Bonchev–Trinajstić information content (AvgIpc) is 3.31. The fraction of sp³-hybridized carbons (Fsp3) is 0.167. The molecule has 25 heavy (non-hydrogen) atoms. The number of anilines is 1. The molecule has 2 N–H and O–H groups in total. The summed E-state index contributed by atoms with van der Waals surface area (Å²) < 4.78 is 5.23. The van der Waals surface area contributed by atoms with E-state index in [0.29, 0.717) is 22.2 Å². The number of rotatable bonds is 4. The van der Waals surface area contributed by atoms with E-state index in [4.69, 9.17) is 4.42 Å². The number of aromatic nitrogens is 2. The fourth-order valence-corrected chi connectivity index (χ4v) is 3.42. The Morgan fingerprint density at radius 1 is 1.24 bits per heavy atom. The van der Waals surface area contributed by atoms with Gasteiger partial charge in [-0.15, -0.1) is 10.2 Å². The van der Waals surface area contributed by atoms with Crippen molar-refractivity contribution < 1.29 is 9.21 Å². The van der Waals surface area contributed by atoms with Crippen LogP contribution in [0.4, 0.5) is 5.13 Å². The Kier molecular flexibility index (Phi) is 4.41. The number of carbonyl (C=O) groups is 1. The SMILES string of the molecule is O=C(Nc1nnc(/C=C/c2ccco2)s1)c1cccc2c1CNCC2. The molecule has 2 aromatic heterocycles. The smallest absolute Gasteiger partial charge is 0.257 e. The highest BCUT2D eigenvalue weighted by Crippen LogP contribution is 2.22. The van der Waals surface area contributed by atoms with E-state index in [0.717, 1.165) is 24.3 Å². The van der Waals surface area contributed by atoms with Gasteiger partial charge in [-0.2, -0.15) is 0 Å². The summed E-state index contributed by atoms with van der Waals surface area (Å²) in [5, 5.41) is 15.4. The van der Waals surface area contributed by atoms with E-state index in [1.807, 2.05) is 30.3 Å². The molecule has 4 rings (SSSR count). The molecular weight excluding hydrogens is 336 g/mol. The van der Waals surface area contributed by atoms with Gasteiger partial charge in [-0.05, 0) is 54.4 Å². The summed E-state index contributed by atoms with van der Waals surface area (Å²) in [6.45, 7) is 1.66. The highest BCUT2D eigenvalue weighted by Gasteiger charge is 2.18. The number of hydrogen-bond donors (Lipinski definition) is 2. The normalized spacial score (nSPS) is 13.8. The van der Waals surface area contributed by atoms with Crippen molar-refractivity contribution in [1.29, 1.82) is 0 Å². The van der Waals surface area contributed by atoms with Crippen molar-refractivity contribution in [2.45, 2.75) is 13.0 Å². The Balaban J connectivity index is 1.49. The number of furan rings is 1. The summed E-state index contributed by atoms with van der Waals surface area (Å²) in [6.07, 6.45) is 6.17. The highest BCUT2D eigenvalue weighted by atomic mass is 32.1. The van der Waals surface area contributed by atoms with Crippen LogP contribution in [0.1, 0.15) is 32.3 Å². The van der Waals surface area contributed by atoms with Gasteiger partial charge in [0.2, 0.25) is 5.13 Å². The third-order valence-corrected chi connectivity index (χ3v) is 4.79. The number of fused-ring (bicyclic) bond motifs is 1. The lowest BCUT2D eigenvalue weighted by molar-refractivity contribution is 0.102. The molecule has 1 amide bonds. The van der Waals surface area contributed by atoms with E-state index in [-0.39, 0.29) is 5.91 Å². The monoisotopic (exact) mass is 352 g/mol. The van der Waals surface area contributed by atoms with Gasteiger partial charge in [-0.3, -0.25) is 10.1 Å². The van der Waals surface area contributed by atoms with Crippen LogP contribution in [0.3, 0.4) is 0 Å². The summed E-state index contributed by atoms with van der Waals surface area (Å²) in [5.74, 6) is 0.586. The lowest BCUT2D eigenvalue weighted by Crippen LogP contribution is -2.27. The van der Waals surface area contributed by atoms with Crippen LogP contribution in [0, 0.1) is 0 Å². The van der Waals surface area contributed by atoms with Crippen molar-refractivity contribution in [3.05, 3.63) is 64.1 Å². The largest absolute Gasteiger partial charge is 0.465 e. The first-order valence-electron chi connectivity index (χ1n) is 7.97. The summed E-state index contributed by atoms with van der Waals surface area (Å²) >= 11 is 1.32. The Bertz CT molecular complexity index is 915. The first-order valence-corrected chi connectivity index (χ1v) is 8.79. The molecule has 7 heteroatoms. The van der Waals surface area contributed by atoms with Crippen LogP contribution in [0.15, 0.2) is 41.0 Å². The van der Waals surface area contributed by atoms with Crippen molar-refractivity contribution >= 4 is 34.5 Å². The van der Waals surface area contributed by atoms with Crippen LogP contribution < -0.4 is 10.6 Å². The zero-order chi connectivity index (χ0) is 17.1. The van der Waals surface area contributed by atoms with Gasteiger partial charge in [0, 0.05) is 12.1 Å². The van der Waals surface area contributed by atoms with Gasteiger partial charge in [0.1, 0.15) is 10.8 Å². The van der Waals surface area contributed by atoms with Gasteiger partial charge in [0.05, 0.1) is 6.26 Å². The lowest BCUT2D eigenvalue weighted by atomic mass is 9.95. The highest BCUT2D eigenvalue weighted by molar-refractivity contribution is 7.16. The maximum absolute atomic E-state index is 12.6. The molecule has 3 heterocycles. The number of amides is 1. The molecule has 0 bridgehead atoms. The zero-order valence-corrected chi connectivity index (χ0v) is 14.2. The van der Waals surface area contributed by atoms with Crippen molar-refractivity contribution in [3.63, 3.8) is 0 Å². The standard InChI is InChI=1S/C18H16N4O2S/c23-17(14-5-1-3-12-8-9-19-11-15(12)14)20-18-22-21-16(25-18)7-6-13-4-2-10-24-13/h1-7,10,19H,8-9,11H2,(H,20,22,23)/b7-6+. The van der Waals surface area contributed by atoms with Crippen LogP contribution in [0.5, 0.6) is 0 Å². The maximum Gasteiger partial charge on any atom is 0.257 e. The van der Waals surface area contributed by atoms with Gasteiger partial charge >= 0.3 is 0 Å². The number of nitrogens with zero attached hydrogens (tertiary/aromatic N) is 2. The van der Waals surface area contributed by atoms with E-state index in [1.165, 1.54) is 16.9 Å². The minimum atomic E-state index is -0.154. The van der Waals surface area contributed by atoms with Gasteiger partial charge in [-0.25, -0.2) is 0 Å². The van der Waals surface area contributed by atoms with Crippen LogP contribution in [-0.2, 0) is 13.0 Å². The zero-order valence-electron chi connectivity index (χ0n) is 13.4. The van der Waals surface area contributed by atoms with E-state index in [9.17, 15) is 4.79 Å². The first kappa shape index (κ1) is 15.7. The van der Waals surface area contributed by atoms with E-state index in [1.54, 1.807) is 12.3 Å². The van der Waals surface area contributed by atoms with Crippen molar-refractivity contribution in [3.8, 4) is 0 Å². The molecule has 6 nitrogen and oxygen atoms in total. The van der Waals surface area contributed by atoms with Crippen molar-refractivity contribution in [1.82, 2.24) is 15.5 Å². The summed E-state index contributed by atoms with van der Waals surface area (Å²) in [7, 11) is 0. The molecule has 0 unspecified atom stereocenters. The second-order valence-corrected chi connectivity index (χ2v) is 6.63. The molecule has 0 atom stereocenters. The Hall–Kier alpha value is -2.77. The molecule has 0 saturated carbocycles. The maximum atomic E-state index is 12.6. The summed E-state index contributed by atoms with van der Waals surface area (Å²) in [4.78, 5) is 12.6. The molecule has 3 aromatic rings. The molecule has 1 aliphatic rings. The Labute approximate surface area is 148 Å². The second kappa shape index (κ2) is 7.00. The Morgan fingerprint density at radius 2 is 2.20 bits per heavy atom. The first-order chi connectivity index (χ1) is 12.3. The molecule has 0 saturated heterocycles. The number of nitrogens with one attached hydrogen (secondary N) is 2. The number of benzene rings is 1. The molecule has 0 radical (unpaired) electrons. The van der Waals surface area contributed by atoms with Crippen LogP contribution >= 0.6 is 11.3 Å². The minimum absolute atomic E-state index is 0.154. The molecule has 1 aromatic carbocycles. The van der Waals surface area contributed by atoms with Crippen molar-refractivity contribution in [2.75, 3.05) is 11.9 Å². The molecule has 0 spiro atoms. The third-order valence-electron chi connectivity index (χ3n) is 3.99. The van der Waals surface area contributed by atoms with Gasteiger partial charge < -0.3 is 9.73 Å². The van der Waals surface area contributed by atoms with Crippen LogP contribution in [0.25, 0.3) is 12.2 Å². The van der Waals surface area contributed by atoms with Crippen LogP contribution in [-0.4, -0.2) is 22.6 Å². The fourth-order valence-electron chi connectivity index (χ4n) is 2.78. The molecule has 0 fully saturated rings.